The van der Waals surface area contributed by atoms with E-state index >= 15 is 0 Å². The minimum atomic E-state index is -0.0168. The Morgan fingerprint density at radius 1 is 1.11 bits per heavy atom. The van der Waals surface area contributed by atoms with E-state index in [9.17, 15) is 0 Å². The van der Waals surface area contributed by atoms with Crippen molar-refractivity contribution in [3.63, 3.8) is 0 Å². The molecule has 2 rings (SSSR count). The maximum Gasteiger partial charge on any atom is 0.316 e. The largest absolute Gasteiger partial charge is 0.464 e. The lowest BCUT2D eigenvalue weighted by Crippen LogP contribution is -2.12. The molecule has 2 N–H and O–H groups in total. The van der Waals surface area contributed by atoms with Gasteiger partial charge in [0, 0.05) is 0 Å². The highest BCUT2D eigenvalue weighted by atomic mass is 16.4. The summed E-state index contributed by atoms with van der Waals surface area (Å²) in [5, 5.41) is 14.1. The van der Waals surface area contributed by atoms with Crippen molar-refractivity contribution in [3.05, 3.63) is 29.5 Å². The van der Waals surface area contributed by atoms with Crippen molar-refractivity contribution in [1.82, 2.24) is 15.5 Å². The fourth-order valence-electron chi connectivity index (χ4n) is 1.53. The molecule has 18 heavy (non-hydrogen) atoms. The second-order valence-electron chi connectivity index (χ2n) is 4.27. The molecule has 0 fully saturated rings. The van der Waals surface area contributed by atoms with Gasteiger partial charge in [0.25, 0.3) is 0 Å². The summed E-state index contributed by atoms with van der Waals surface area (Å²) in [6.07, 6.45) is 0. The number of aromatic nitrogens is 2. The molecule has 98 valence electrons. The summed E-state index contributed by atoms with van der Waals surface area (Å²) >= 11 is 0. The Morgan fingerprint density at radius 2 is 1.89 bits per heavy atom. The zero-order valence-corrected chi connectivity index (χ0v) is 11.0. The Labute approximate surface area is 106 Å². The zero-order chi connectivity index (χ0) is 13.1. The summed E-state index contributed by atoms with van der Waals surface area (Å²) in [6, 6.07) is 4.27. The summed E-state index contributed by atoms with van der Waals surface area (Å²) in [7, 11) is 1.84. The van der Waals surface area contributed by atoms with Crippen LogP contribution in [0.15, 0.2) is 21.0 Å². The molecular weight excluding hydrogens is 232 g/mol. The first-order chi connectivity index (χ1) is 8.60. The Kier molecular flexibility index (Phi) is 3.66. The average Bonchev–Trinajstić information content (AvgIpc) is 2.97. The van der Waals surface area contributed by atoms with E-state index in [4.69, 9.17) is 8.83 Å². The Bertz CT molecular complexity index is 506. The zero-order valence-electron chi connectivity index (χ0n) is 11.0. The summed E-state index contributed by atoms with van der Waals surface area (Å²) in [5.74, 6) is 2.28. The minimum absolute atomic E-state index is 0.0168. The van der Waals surface area contributed by atoms with Gasteiger partial charge in [0.15, 0.2) is 0 Å². The van der Waals surface area contributed by atoms with Gasteiger partial charge < -0.3 is 19.5 Å². The first kappa shape index (κ1) is 12.6. The van der Waals surface area contributed by atoms with E-state index in [-0.39, 0.29) is 12.1 Å². The van der Waals surface area contributed by atoms with Gasteiger partial charge in [-0.3, -0.25) is 0 Å². The van der Waals surface area contributed by atoms with Crippen molar-refractivity contribution in [2.24, 2.45) is 0 Å². The van der Waals surface area contributed by atoms with Gasteiger partial charge >= 0.3 is 6.01 Å². The van der Waals surface area contributed by atoms with Crippen LogP contribution in [-0.4, -0.2) is 17.2 Å². The van der Waals surface area contributed by atoms with E-state index in [0.717, 1.165) is 11.5 Å². The molecule has 0 saturated carbocycles. The topological polar surface area (TPSA) is 76.1 Å². The molecule has 0 amide bonds. The smallest absolute Gasteiger partial charge is 0.316 e. The molecule has 0 aliphatic heterocycles. The van der Waals surface area contributed by atoms with Crippen molar-refractivity contribution in [2.45, 2.75) is 32.9 Å². The summed E-state index contributed by atoms with van der Waals surface area (Å²) in [5.41, 5.74) is 0. The molecular formula is C12H18N4O2. The molecule has 0 saturated heterocycles. The molecule has 0 bridgehead atoms. The van der Waals surface area contributed by atoms with E-state index < -0.39 is 0 Å². The maximum atomic E-state index is 5.53. The van der Waals surface area contributed by atoms with E-state index in [1.165, 1.54) is 0 Å². The Morgan fingerprint density at radius 3 is 2.50 bits per heavy atom. The predicted octanol–water partition coefficient (Wildman–Crippen LogP) is 2.42. The van der Waals surface area contributed by atoms with Crippen molar-refractivity contribution < 1.29 is 8.83 Å². The second kappa shape index (κ2) is 5.22. The number of nitrogens with one attached hydrogen (secondary N) is 2. The van der Waals surface area contributed by atoms with E-state index in [1.54, 1.807) is 0 Å². The molecule has 6 nitrogen and oxygen atoms in total. The summed E-state index contributed by atoms with van der Waals surface area (Å²) in [6.45, 7) is 5.84. The molecule has 2 aromatic heterocycles. The van der Waals surface area contributed by atoms with Crippen LogP contribution in [0.4, 0.5) is 6.01 Å². The fraction of sp³-hybridized carbons (Fsp3) is 0.500. The molecule has 2 unspecified atom stereocenters. The second-order valence-corrected chi connectivity index (χ2v) is 4.27. The van der Waals surface area contributed by atoms with Gasteiger partial charge in [-0.05, 0) is 40.0 Å². The van der Waals surface area contributed by atoms with Gasteiger partial charge in [-0.1, -0.05) is 5.10 Å². The lowest BCUT2D eigenvalue weighted by Gasteiger charge is -2.08. The van der Waals surface area contributed by atoms with Gasteiger partial charge in [-0.25, -0.2) is 0 Å². The van der Waals surface area contributed by atoms with Crippen molar-refractivity contribution >= 4 is 6.01 Å². The standard InChI is InChI=1S/C12H18N4O2/c1-7-5-6-10(17-7)8(2)14-12-16-15-11(18-12)9(3)13-4/h5-6,8-9,13H,1-4H3,(H,14,16). The van der Waals surface area contributed by atoms with Crippen LogP contribution in [0.1, 0.15) is 43.3 Å². The first-order valence-electron chi connectivity index (χ1n) is 5.93. The summed E-state index contributed by atoms with van der Waals surface area (Å²) in [4.78, 5) is 0. The van der Waals surface area contributed by atoms with Crippen molar-refractivity contribution in [1.29, 1.82) is 0 Å². The SMILES string of the molecule is CNC(C)c1nnc(NC(C)c2ccc(C)o2)o1. The van der Waals surface area contributed by atoms with Gasteiger partial charge in [0.05, 0.1) is 12.1 Å². The quantitative estimate of drug-likeness (QED) is 0.848. The first-order valence-corrected chi connectivity index (χ1v) is 5.93. The Hall–Kier alpha value is -1.82. The van der Waals surface area contributed by atoms with E-state index in [0.29, 0.717) is 11.9 Å². The third-order valence-corrected chi connectivity index (χ3v) is 2.77. The van der Waals surface area contributed by atoms with Gasteiger partial charge in [0.2, 0.25) is 5.89 Å². The Balaban J connectivity index is 2.03. The van der Waals surface area contributed by atoms with Crippen LogP contribution in [0.2, 0.25) is 0 Å². The fourth-order valence-corrected chi connectivity index (χ4v) is 1.53. The lowest BCUT2D eigenvalue weighted by molar-refractivity contribution is 0.430. The molecule has 6 heteroatoms. The molecule has 0 aromatic carbocycles. The molecule has 2 atom stereocenters. The predicted molar refractivity (Wildman–Crippen MR) is 67.3 cm³/mol. The van der Waals surface area contributed by atoms with Crippen LogP contribution in [0.3, 0.4) is 0 Å². The summed E-state index contributed by atoms with van der Waals surface area (Å²) < 4.78 is 11.0. The molecule has 0 radical (unpaired) electrons. The number of hydrogen-bond donors (Lipinski definition) is 2. The number of nitrogens with zero attached hydrogens (tertiary/aromatic N) is 2. The number of rotatable bonds is 5. The highest BCUT2D eigenvalue weighted by Crippen LogP contribution is 2.21. The lowest BCUT2D eigenvalue weighted by atomic mass is 10.2. The average molecular weight is 250 g/mol. The highest BCUT2D eigenvalue weighted by molar-refractivity contribution is 5.24. The monoisotopic (exact) mass is 250 g/mol. The van der Waals surface area contributed by atoms with E-state index in [2.05, 4.69) is 20.8 Å². The van der Waals surface area contributed by atoms with Gasteiger partial charge in [0.1, 0.15) is 11.5 Å². The minimum Gasteiger partial charge on any atom is -0.464 e. The number of furan rings is 1. The van der Waals surface area contributed by atoms with Gasteiger partial charge in [-0.15, -0.1) is 5.10 Å². The maximum absolute atomic E-state index is 5.53. The van der Waals surface area contributed by atoms with Crippen LogP contribution >= 0.6 is 0 Å². The number of anilines is 1. The number of hydrogen-bond acceptors (Lipinski definition) is 6. The van der Waals surface area contributed by atoms with Crippen LogP contribution in [0, 0.1) is 6.92 Å². The molecule has 0 aliphatic carbocycles. The van der Waals surface area contributed by atoms with Crippen LogP contribution < -0.4 is 10.6 Å². The van der Waals surface area contributed by atoms with Crippen LogP contribution in [0.5, 0.6) is 0 Å². The third kappa shape index (κ3) is 2.70. The van der Waals surface area contributed by atoms with Crippen molar-refractivity contribution in [2.75, 3.05) is 12.4 Å². The van der Waals surface area contributed by atoms with Gasteiger partial charge in [-0.2, -0.15) is 0 Å². The normalized spacial score (nSPS) is 14.4. The van der Waals surface area contributed by atoms with Crippen LogP contribution in [-0.2, 0) is 0 Å². The molecule has 2 aromatic rings. The molecule has 2 heterocycles. The molecule has 0 spiro atoms. The highest BCUT2D eigenvalue weighted by Gasteiger charge is 2.15. The molecule has 0 aliphatic rings. The van der Waals surface area contributed by atoms with Crippen LogP contribution in [0.25, 0.3) is 0 Å². The van der Waals surface area contributed by atoms with E-state index in [1.807, 2.05) is 40.0 Å². The van der Waals surface area contributed by atoms with Crippen molar-refractivity contribution in [3.8, 4) is 0 Å². The third-order valence-electron chi connectivity index (χ3n) is 2.77. The number of aryl methyl sites for hydroxylation is 1.